The molecule has 0 amide bonds. The molecule has 17 heavy (non-hydrogen) atoms. The average Bonchev–Trinajstić information content (AvgIpc) is 2.30. The molecule has 0 radical (unpaired) electrons. The summed E-state index contributed by atoms with van der Waals surface area (Å²) < 4.78 is 0. The van der Waals surface area contributed by atoms with Crippen molar-refractivity contribution in [3.63, 3.8) is 0 Å². The Hall–Kier alpha value is -1.60. The van der Waals surface area contributed by atoms with E-state index in [0.717, 1.165) is 12.8 Å². The van der Waals surface area contributed by atoms with Gasteiger partial charge in [-0.25, -0.2) is 0 Å². The molecule has 0 aromatic heterocycles. The maximum absolute atomic E-state index is 10.0. The first-order chi connectivity index (χ1) is 8.24. The van der Waals surface area contributed by atoms with Gasteiger partial charge in [-0.1, -0.05) is 60.2 Å². The first-order valence-corrected chi connectivity index (χ1v) is 6.01. The Morgan fingerprint density at radius 3 is 2.24 bits per heavy atom. The normalized spacial score (nSPS) is 12.4. The van der Waals surface area contributed by atoms with Gasteiger partial charge < -0.3 is 5.11 Å². The van der Waals surface area contributed by atoms with Crippen LogP contribution in [-0.4, -0.2) is 11.2 Å². The number of aliphatic hydroxyl groups excluding tert-OH is 1. The zero-order chi connectivity index (χ0) is 12.1. The minimum Gasteiger partial charge on any atom is -0.392 e. The number of rotatable bonds is 4. The summed E-state index contributed by atoms with van der Waals surface area (Å²) in [7, 11) is 0. The first-order valence-electron chi connectivity index (χ1n) is 6.01. The largest absolute Gasteiger partial charge is 0.392 e. The molecule has 0 aliphatic heterocycles. The molecule has 0 bridgehead atoms. The molecule has 1 N–H and O–H groups in total. The summed E-state index contributed by atoms with van der Waals surface area (Å²) in [6, 6.07) is 18.4. The molecule has 0 heterocycles. The van der Waals surface area contributed by atoms with Crippen LogP contribution in [0.15, 0.2) is 54.6 Å². The second-order valence-corrected chi connectivity index (χ2v) is 4.54. The summed E-state index contributed by atoms with van der Waals surface area (Å²) in [4.78, 5) is 0. The highest BCUT2D eigenvalue weighted by molar-refractivity contribution is 5.23. The second-order valence-electron chi connectivity index (χ2n) is 4.54. The van der Waals surface area contributed by atoms with E-state index in [9.17, 15) is 5.11 Å². The second kappa shape index (κ2) is 5.65. The van der Waals surface area contributed by atoms with Gasteiger partial charge in [0.1, 0.15) is 0 Å². The molecular formula is C16H18O. The fraction of sp³-hybridized carbons (Fsp3) is 0.250. The molecule has 2 aromatic carbocycles. The predicted octanol–water partition coefficient (Wildman–Crippen LogP) is 3.14. The Bertz CT molecular complexity index is 462. The van der Waals surface area contributed by atoms with Gasteiger partial charge in [0.25, 0.3) is 0 Å². The van der Waals surface area contributed by atoms with Crippen LogP contribution in [0.1, 0.15) is 16.7 Å². The molecule has 0 saturated heterocycles. The summed E-state index contributed by atoms with van der Waals surface area (Å²) in [6.45, 7) is 2.08. The van der Waals surface area contributed by atoms with Gasteiger partial charge in [-0.2, -0.15) is 0 Å². The SMILES string of the molecule is Cc1cccc(CC(O)Cc2ccccc2)c1. The van der Waals surface area contributed by atoms with Gasteiger partial charge in [0, 0.05) is 0 Å². The van der Waals surface area contributed by atoms with E-state index in [1.165, 1.54) is 16.7 Å². The van der Waals surface area contributed by atoms with E-state index in [1.54, 1.807) is 0 Å². The third-order valence-electron chi connectivity index (χ3n) is 2.87. The molecule has 1 atom stereocenters. The third kappa shape index (κ3) is 3.72. The molecule has 2 rings (SSSR count). The lowest BCUT2D eigenvalue weighted by Gasteiger charge is -2.11. The fourth-order valence-electron chi connectivity index (χ4n) is 2.07. The number of aryl methyl sites for hydroxylation is 1. The smallest absolute Gasteiger partial charge is 0.0620 e. The van der Waals surface area contributed by atoms with Crippen LogP contribution in [-0.2, 0) is 12.8 Å². The molecule has 2 aromatic rings. The Morgan fingerprint density at radius 1 is 0.882 bits per heavy atom. The van der Waals surface area contributed by atoms with E-state index in [1.807, 2.05) is 24.3 Å². The van der Waals surface area contributed by atoms with E-state index in [0.29, 0.717) is 0 Å². The van der Waals surface area contributed by atoms with Gasteiger partial charge in [0.15, 0.2) is 0 Å². The van der Waals surface area contributed by atoms with Crippen molar-refractivity contribution in [2.24, 2.45) is 0 Å². The molecule has 88 valence electrons. The van der Waals surface area contributed by atoms with Crippen molar-refractivity contribution in [2.45, 2.75) is 25.9 Å². The average molecular weight is 226 g/mol. The van der Waals surface area contributed by atoms with Gasteiger partial charge in [-0.05, 0) is 30.9 Å². The minimum atomic E-state index is -0.306. The van der Waals surface area contributed by atoms with E-state index in [-0.39, 0.29) is 6.10 Å². The van der Waals surface area contributed by atoms with Crippen molar-refractivity contribution in [3.8, 4) is 0 Å². The molecular weight excluding hydrogens is 208 g/mol. The molecule has 1 unspecified atom stereocenters. The highest BCUT2D eigenvalue weighted by atomic mass is 16.3. The molecule has 0 fully saturated rings. The molecule has 0 aliphatic rings. The van der Waals surface area contributed by atoms with E-state index in [2.05, 4.69) is 37.3 Å². The molecule has 0 spiro atoms. The van der Waals surface area contributed by atoms with Crippen LogP contribution in [0.3, 0.4) is 0 Å². The Balaban J connectivity index is 1.96. The van der Waals surface area contributed by atoms with Crippen LogP contribution in [0.5, 0.6) is 0 Å². The molecule has 1 nitrogen and oxygen atoms in total. The Morgan fingerprint density at radius 2 is 1.53 bits per heavy atom. The highest BCUT2D eigenvalue weighted by Crippen LogP contribution is 2.10. The fourth-order valence-corrected chi connectivity index (χ4v) is 2.07. The molecule has 0 saturated carbocycles. The van der Waals surface area contributed by atoms with Gasteiger partial charge >= 0.3 is 0 Å². The van der Waals surface area contributed by atoms with Crippen molar-refractivity contribution in [2.75, 3.05) is 0 Å². The third-order valence-corrected chi connectivity index (χ3v) is 2.87. The number of aliphatic hydroxyl groups is 1. The van der Waals surface area contributed by atoms with Crippen molar-refractivity contribution >= 4 is 0 Å². The van der Waals surface area contributed by atoms with Gasteiger partial charge in [0.2, 0.25) is 0 Å². The lowest BCUT2D eigenvalue weighted by molar-refractivity contribution is 0.175. The van der Waals surface area contributed by atoms with Crippen molar-refractivity contribution in [1.82, 2.24) is 0 Å². The summed E-state index contributed by atoms with van der Waals surface area (Å²) in [5.41, 5.74) is 3.63. The quantitative estimate of drug-likeness (QED) is 0.849. The maximum Gasteiger partial charge on any atom is 0.0620 e. The van der Waals surface area contributed by atoms with Crippen molar-refractivity contribution in [1.29, 1.82) is 0 Å². The summed E-state index contributed by atoms with van der Waals surface area (Å²) >= 11 is 0. The lowest BCUT2D eigenvalue weighted by Crippen LogP contribution is -2.13. The highest BCUT2D eigenvalue weighted by Gasteiger charge is 2.06. The van der Waals surface area contributed by atoms with E-state index in [4.69, 9.17) is 0 Å². The van der Waals surface area contributed by atoms with Crippen LogP contribution in [0.4, 0.5) is 0 Å². The van der Waals surface area contributed by atoms with Gasteiger partial charge in [-0.15, -0.1) is 0 Å². The number of hydrogen-bond acceptors (Lipinski definition) is 1. The number of hydrogen-bond donors (Lipinski definition) is 1. The van der Waals surface area contributed by atoms with E-state index >= 15 is 0 Å². The van der Waals surface area contributed by atoms with E-state index < -0.39 is 0 Å². The Kier molecular flexibility index (Phi) is 3.94. The van der Waals surface area contributed by atoms with Crippen LogP contribution < -0.4 is 0 Å². The van der Waals surface area contributed by atoms with Gasteiger partial charge in [0.05, 0.1) is 6.10 Å². The number of benzene rings is 2. The lowest BCUT2D eigenvalue weighted by atomic mass is 10.0. The monoisotopic (exact) mass is 226 g/mol. The van der Waals surface area contributed by atoms with Crippen LogP contribution in [0.2, 0.25) is 0 Å². The first kappa shape index (κ1) is 11.9. The Labute approximate surface area is 103 Å². The van der Waals surface area contributed by atoms with Crippen LogP contribution >= 0.6 is 0 Å². The van der Waals surface area contributed by atoms with Crippen molar-refractivity contribution < 1.29 is 5.11 Å². The molecule has 1 heteroatoms. The summed E-state index contributed by atoms with van der Waals surface area (Å²) in [5, 5.41) is 10.0. The topological polar surface area (TPSA) is 20.2 Å². The van der Waals surface area contributed by atoms with Crippen LogP contribution in [0, 0.1) is 6.92 Å². The van der Waals surface area contributed by atoms with Crippen molar-refractivity contribution in [3.05, 3.63) is 71.3 Å². The minimum absolute atomic E-state index is 0.306. The maximum atomic E-state index is 10.0. The summed E-state index contributed by atoms with van der Waals surface area (Å²) in [5.74, 6) is 0. The summed E-state index contributed by atoms with van der Waals surface area (Å²) in [6.07, 6.45) is 1.13. The van der Waals surface area contributed by atoms with Gasteiger partial charge in [-0.3, -0.25) is 0 Å². The molecule has 0 aliphatic carbocycles. The standard InChI is InChI=1S/C16H18O/c1-13-6-5-9-15(10-13)12-16(17)11-14-7-3-2-4-8-14/h2-10,16-17H,11-12H2,1H3. The zero-order valence-corrected chi connectivity index (χ0v) is 10.1. The zero-order valence-electron chi connectivity index (χ0n) is 10.1. The predicted molar refractivity (Wildman–Crippen MR) is 71.0 cm³/mol. The van der Waals surface area contributed by atoms with Crippen LogP contribution in [0.25, 0.3) is 0 Å².